The molecule has 1 saturated carbocycles. The van der Waals surface area contributed by atoms with Crippen LogP contribution < -0.4 is 26.8 Å². The number of aliphatic hydroxyl groups is 1. The Labute approximate surface area is 285 Å². The molecule has 4 rings (SSSR count). The van der Waals surface area contributed by atoms with E-state index >= 15 is 0 Å². The molecule has 1 aromatic rings. The molecular formula is C33H49N7O9. The second-order valence-electron chi connectivity index (χ2n) is 13.4. The zero-order valence-corrected chi connectivity index (χ0v) is 28.7. The number of aliphatic carboxylic acids is 1. The number of fused-ring (bicyclic) bond motifs is 1. The SMILES string of the molecule is COc1ccc(C)c([C@]23CCN(C)[C@H](C)C2(O)CC=C(OC(=O)N(C)CCNC(=O)C2(NC(=O)CC(=O)O)CC2CCN=C(N)N)C3)c1O. The van der Waals surface area contributed by atoms with Crippen LogP contribution in [-0.2, 0) is 24.5 Å². The van der Waals surface area contributed by atoms with Gasteiger partial charge in [0.25, 0.3) is 0 Å². The van der Waals surface area contributed by atoms with Crippen LogP contribution in [0.1, 0.15) is 56.6 Å². The van der Waals surface area contributed by atoms with Crippen molar-refractivity contribution in [3.8, 4) is 11.5 Å². The van der Waals surface area contributed by atoms with E-state index in [-0.39, 0.29) is 68.3 Å². The molecule has 9 N–H and O–H groups in total. The van der Waals surface area contributed by atoms with Gasteiger partial charge in [0.2, 0.25) is 11.8 Å². The number of likely N-dealkylation sites (tertiary alicyclic amines) is 1. The minimum absolute atomic E-state index is 0.0189. The first-order chi connectivity index (χ1) is 23.0. The Balaban J connectivity index is 1.44. The Bertz CT molecular complexity index is 1530. The summed E-state index contributed by atoms with van der Waals surface area (Å²) < 4.78 is 11.3. The third-order valence-electron chi connectivity index (χ3n) is 10.5. The highest BCUT2D eigenvalue weighted by Crippen LogP contribution is 2.57. The summed E-state index contributed by atoms with van der Waals surface area (Å²) in [5.41, 5.74) is 8.52. The van der Waals surface area contributed by atoms with Gasteiger partial charge in [-0.1, -0.05) is 6.07 Å². The molecule has 16 nitrogen and oxygen atoms in total. The molecule has 2 aliphatic carbocycles. The molecule has 1 saturated heterocycles. The number of nitrogens with zero attached hydrogens (tertiary/aromatic N) is 3. The number of methoxy groups -OCH3 is 1. The van der Waals surface area contributed by atoms with Gasteiger partial charge in [-0.15, -0.1) is 0 Å². The standard InChI is InChI=1S/C33H49N7O9/c1-19-6-7-23(48-5)27(44)26(19)31-11-14-39(3)20(2)33(31,47)10-8-22(18-31)49-30(46)40(4)15-13-36-28(45)32(38-24(41)16-25(42)43)17-21(32)9-12-37-29(34)35/h6-8,20-21,44,47H,9-18H2,1-5H3,(H,36,45)(H,38,41)(H,42,43)(H4,34,35,37)/t20-,21?,31-,32?,33?/m1/s1. The molecule has 5 atom stereocenters. The second kappa shape index (κ2) is 14.5. The number of rotatable bonds is 13. The van der Waals surface area contributed by atoms with E-state index in [0.717, 1.165) is 5.56 Å². The molecule has 270 valence electrons. The number of phenols is 1. The van der Waals surface area contributed by atoms with Crippen LogP contribution in [0.3, 0.4) is 0 Å². The Hall–Kier alpha value is -4.57. The van der Waals surface area contributed by atoms with Gasteiger partial charge in [0.1, 0.15) is 17.7 Å². The third kappa shape index (κ3) is 7.39. The summed E-state index contributed by atoms with van der Waals surface area (Å²) in [6.45, 7) is 4.75. The molecule has 3 unspecified atom stereocenters. The number of hydrogen-bond acceptors (Lipinski definition) is 10. The molecule has 1 aliphatic heterocycles. The normalized spacial score (nSPS) is 27.5. The first-order valence-electron chi connectivity index (χ1n) is 16.3. The largest absolute Gasteiger partial charge is 0.504 e. The maximum absolute atomic E-state index is 13.3. The van der Waals surface area contributed by atoms with Crippen LogP contribution in [0, 0.1) is 12.8 Å². The van der Waals surface area contributed by atoms with Crippen LogP contribution in [0.2, 0.25) is 0 Å². The first-order valence-corrected chi connectivity index (χ1v) is 16.3. The quantitative estimate of drug-likeness (QED) is 0.0840. The number of piperidine rings is 1. The van der Waals surface area contributed by atoms with Crippen LogP contribution in [-0.4, -0.2) is 120 Å². The molecule has 16 heteroatoms. The molecule has 1 aromatic carbocycles. The number of nitrogens with two attached hydrogens (primary N) is 2. The Morgan fingerprint density at radius 2 is 1.94 bits per heavy atom. The Morgan fingerprint density at radius 1 is 1.22 bits per heavy atom. The molecule has 2 fully saturated rings. The summed E-state index contributed by atoms with van der Waals surface area (Å²) >= 11 is 0. The van der Waals surface area contributed by atoms with Crippen molar-refractivity contribution in [3.63, 3.8) is 0 Å². The third-order valence-corrected chi connectivity index (χ3v) is 10.5. The average molecular weight is 688 g/mol. The van der Waals surface area contributed by atoms with Crippen molar-refractivity contribution in [2.45, 2.75) is 75.0 Å². The van der Waals surface area contributed by atoms with Gasteiger partial charge in [0.15, 0.2) is 17.5 Å². The fourth-order valence-corrected chi connectivity index (χ4v) is 7.46. The highest BCUT2D eigenvalue weighted by atomic mass is 16.6. The number of benzene rings is 1. The smallest absolute Gasteiger partial charge is 0.414 e. The molecule has 1 heterocycles. The number of allylic oxidation sites excluding steroid dienone is 1. The molecule has 3 amide bonds. The van der Waals surface area contributed by atoms with E-state index in [9.17, 15) is 29.4 Å². The minimum atomic E-state index is -1.32. The molecule has 0 spiro atoms. The lowest BCUT2D eigenvalue weighted by Gasteiger charge is -2.59. The summed E-state index contributed by atoms with van der Waals surface area (Å²) in [6, 6.07) is 3.24. The maximum atomic E-state index is 13.3. The van der Waals surface area contributed by atoms with E-state index in [1.54, 1.807) is 12.1 Å². The Kier molecular flexibility index (Phi) is 11.0. The predicted octanol–water partition coefficient (Wildman–Crippen LogP) is 0.278. The number of carbonyl (C=O) groups is 4. The van der Waals surface area contributed by atoms with Gasteiger partial charge in [0, 0.05) is 56.5 Å². The van der Waals surface area contributed by atoms with Crippen LogP contribution >= 0.6 is 0 Å². The molecular weight excluding hydrogens is 638 g/mol. The second-order valence-corrected chi connectivity index (χ2v) is 13.4. The first kappa shape index (κ1) is 37.3. The number of carboxylic acid groups (broad SMARTS) is 1. The van der Waals surface area contributed by atoms with E-state index in [1.807, 2.05) is 27.0 Å². The Morgan fingerprint density at radius 3 is 2.59 bits per heavy atom. The summed E-state index contributed by atoms with van der Waals surface area (Å²) in [7, 11) is 4.92. The lowest BCUT2D eigenvalue weighted by Crippen LogP contribution is -2.68. The van der Waals surface area contributed by atoms with Gasteiger partial charge in [-0.2, -0.15) is 0 Å². The minimum Gasteiger partial charge on any atom is -0.504 e. The molecule has 0 aromatic heterocycles. The average Bonchev–Trinajstić information content (AvgIpc) is 3.72. The van der Waals surface area contributed by atoms with Crippen LogP contribution in [0.5, 0.6) is 11.5 Å². The van der Waals surface area contributed by atoms with Crippen molar-refractivity contribution >= 4 is 29.8 Å². The predicted molar refractivity (Wildman–Crippen MR) is 179 cm³/mol. The van der Waals surface area contributed by atoms with E-state index < -0.39 is 46.9 Å². The summed E-state index contributed by atoms with van der Waals surface area (Å²) in [4.78, 5) is 57.1. The summed E-state index contributed by atoms with van der Waals surface area (Å²) in [5.74, 6) is -2.46. The monoisotopic (exact) mass is 687 g/mol. The highest BCUT2D eigenvalue weighted by Gasteiger charge is 2.62. The number of amides is 3. The number of carboxylic acids is 1. The molecule has 0 bridgehead atoms. The number of phenolic OH excluding ortho intramolecular Hbond substituents is 1. The van der Waals surface area contributed by atoms with Crippen molar-refractivity contribution < 1.29 is 44.0 Å². The maximum Gasteiger partial charge on any atom is 0.414 e. The fraction of sp³-hybridized carbons (Fsp3) is 0.606. The lowest BCUT2D eigenvalue weighted by molar-refractivity contribution is -0.142. The number of hydrogen-bond donors (Lipinski definition) is 7. The van der Waals surface area contributed by atoms with Crippen molar-refractivity contribution in [1.29, 1.82) is 0 Å². The summed E-state index contributed by atoms with van der Waals surface area (Å²) in [5, 5.41) is 38.0. The number of carbonyl (C=O) groups excluding carboxylic acids is 3. The number of nitrogens with one attached hydrogen (secondary N) is 2. The van der Waals surface area contributed by atoms with E-state index in [4.69, 9.17) is 26.0 Å². The number of aromatic hydroxyl groups is 1. The van der Waals surface area contributed by atoms with Gasteiger partial charge in [-0.3, -0.25) is 19.4 Å². The topological polar surface area (TPSA) is 242 Å². The lowest BCUT2D eigenvalue weighted by atomic mass is 9.54. The number of likely N-dealkylation sites (N-methyl/N-ethyl adjacent to an activating group) is 2. The molecule has 49 heavy (non-hydrogen) atoms. The number of aliphatic imine (C=N–C) groups is 1. The summed E-state index contributed by atoms with van der Waals surface area (Å²) in [6.07, 6.45) is 1.73. The van der Waals surface area contributed by atoms with Crippen molar-refractivity contribution in [1.82, 2.24) is 20.4 Å². The molecule has 3 aliphatic rings. The van der Waals surface area contributed by atoms with E-state index in [2.05, 4.69) is 20.5 Å². The van der Waals surface area contributed by atoms with E-state index in [0.29, 0.717) is 30.7 Å². The van der Waals surface area contributed by atoms with Gasteiger partial charge < -0.3 is 56.7 Å². The molecule has 0 radical (unpaired) electrons. The van der Waals surface area contributed by atoms with Gasteiger partial charge >= 0.3 is 12.1 Å². The number of aryl methyl sites for hydroxylation is 1. The van der Waals surface area contributed by atoms with Crippen LogP contribution in [0.4, 0.5) is 4.79 Å². The van der Waals surface area contributed by atoms with Crippen LogP contribution in [0.25, 0.3) is 0 Å². The van der Waals surface area contributed by atoms with Gasteiger partial charge in [0.05, 0.1) is 12.7 Å². The van der Waals surface area contributed by atoms with Gasteiger partial charge in [-0.25, -0.2) is 4.79 Å². The zero-order chi connectivity index (χ0) is 36.3. The van der Waals surface area contributed by atoms with Gasteiger partial charge in [-0.05, 0) is 70.3 Å². The van der Waals surface area contributed by atoms with E-state index in [1.165, 1.54) is 19.1 Å². The number of guanidine groups is 1. The fourth-order valence-electron chi connectivity index (χ4n) is 7.46. The van der Waals surface area contributed by atoms with Crippen molar-refractivity contribution in [2.75, 3.05) is 47.4 Å². The number of ether oxygens (including phenoxy) is 2. The van der Waals surface area contributed by atoms with Crippen LogP contribution in [0.15, 0.2) is 29.0 Å². The zero-order valence-electron chi connectivity index (χ0n) is 28.7. The van der Waals surface area contributed by atoms with Crippen molar-refractivity contribution in [2.24, 2.45) is 22.4 Å². The highest BCUT2D eigenvalue weighted by molar-refractivity contribution is 5.99. The van der Waals surface area contributed by atoms with Crippen molar-refractivity contribution in [3.05, 3.63) is 35.1 Å².